The molecule has 1 saturated heterocycles. The molecule has 0 bridgehead atoms. The van der Waals surface area contributed by atoms with Crippen LogP contribution in [0.1, 0.15) is 46.5 Å². The van der Waals surface area contributed by atoms with Crippen LogP contribution < -0.4 is 5.32 Å². The summed E-state index contributed by atoms with van der Waals surface area (Å²) >= 11 is 0. The monoisotopic (exact) mass is 251 g/mol. The van der Waals surface area contributed by atoms with E-state index in [9.17, 15) is 0 Å². The Bertz CT molecular complexity index is 261. The van der Waals surface area contributed by atoms with Gasteiger partial charge in [-0.15, -0.1) is 0 Å². The van der Waals surface area contributed by atoms with Gasteiger partial charge >= 0.3 is 0 Å². The summed E-state index contributed by atoms with van der Waals surface area (Å²) in [4.78, 5) is 2.56. The lowest BCUT2D eigenvalue weighted by Crippen LogP contribution is -2.37. The molecule has 0 radical (unpaired) electrons. The zero-order chi connectivity index (χ0) is 13.4. The van der Waals surface area contributed by atoms with Crippen molar-refractivity contribution in [2.75, 3.05) is 32.7 Å². The largest absolute Gasteiger partial charge is 0.317 e. The van der Waals surface area contributed by atoms with Crippen LogP contribution >= 0.6 is 0 Å². The Hall–Kier alpha value is -0.590. The van der Waals surface area contributed by atoms with Gasteiger partial charge in [-0.2, -0.15) is 5.26 Å². The Morgan fingerprint density at radius 1 is 1.28 bits per heavy atom. The zero-order valence-electron chi connectivity index (χ0n) is 12.3. The molecule has 0 amide bonds. The number of rotatable bonds is 7. The van der Waals surface area contributed by atoms with E-state index in [1.54, 1.807) is 0 Å². The number of hydrogen-bond donors (Lipinski definition) is 1. The molecular formula is C15H29N3. The molecule has 0 aliphatic carbocycles. The third-order valence-electron chi connectivity index (χ3n) is 3.87. The minimum absolute atomic E-state index is 0.180. The minimum atomic E-state index is -0.180. The van der Waals surface area contributed by atoms with Crippen LogP contribution in [-0.4, -0.2) is 37.6 Å². The molecule has 1 heterocycles. The topological polar surface area (TPSA) is 39.1 Å². The maximum Gasteiger partial charge on any atom is 0.0684 e. The van der Waals surface area contributed by atoms with Crippen molar-refractivity contribution in [3.8, 4) is 6.07 Å². The van der Waals surface area contributed by atoms with Gasteiger partial charge in [0.05, 0.1) is 11.5 Å². The number of nitriles is 1. The van der Waals surface area contributed by atoms with Gasteiger partial charge in [0.2, 0.25) is 0 Å². The van der Waals surface area contributed by atoms with E-state index >= 15 is 0 Å². The second-order valence-corrected chi connectivity index (χ2v) is 6.24. The number of hydrogen-bond acceptors (Lipinski definition) is 3. The lowest BCUT2D eigenvalue weighted by atomic mass is 9.90. The summed E-state index contributed by atoms with van der Waals surface area (Å²) in [7, 11) is 0. The van der Waals surface area contributed by atoms with E-state index in [4.69, 9.17) is 5.26 Å². The summed E-state index contributed by atoms with van der Waals surface area (Å²) in [5, 5.41) is 12.5. The Labute approximate surface area is 113 Å². The molecule has 0 unspecified atom stereocenters. The van der Waals surface area contributed by atoms with Crippen molar-refractivity contribution in [1.29, 1.82) is 5.26 Å². The number of nitrogens with one attached hydrogen (secondary N) is 1. The normalized spacial score (nSPS) is 17.9. The summed E-state index contributed by atoms with van der Waals surface area (Å²) < 4.78 is 0. The first-order chi connectivity index (χ1) is 8.57. The van der Waals surface area contributed by atoms with Gasteiger partial charge in [0.15, 0.2) is 0 Å². The van der Waals surface area contributed by atoms with Crippen LogP contribution in [0.5, 0.6) is 0 Å². The third-order valence-corrected chi connectivity index (χ3v) is 3.87. The predicted molar refractivity (Wildman–Crippen MR) is 76.3 cm³/mol. The molecule has 104 valence electrons. The van der Waals surface area contributed by atoms with Crippen molar-refractivity contribution >= 4 is 0 Å². The fourth-order valence-electron chi connectivity index (χ4n) is 2.53. The Morgan fingerprint density at radius 3 is 2.50 bits per heavy atom. The van der Waals surface area contributed by atoms with Crippen molar-refractivity contribution in [2.45, 2.75) is 46.5 Å². The summed E-state index contributed by atoms with van der Waals surface area (Å²) in [5.41, 5.74) is -0.180. The number of nitrogens with zero attached hydrogens (tertiary/aromatic N) is 2. The summed E-state index contributed by atoms with van der Waals surface area (Å²) in [6, 6.07) is 2.41. The maximum absolute atomic E-state index is 9.08. The highest BCUT2D eigenvalue weighted by Crippen LogP contribution is 2.20. The van der Waals surface area contributed by atoms with Crippen LogP contribution in [0.25, 0.3) is 0 Å². The Balaban J connectivity index is 2.36. The van der Waals surface area contributed by atoms with Crippen LogP contribution in [0.3, 0.4) is 0 Å². The van der Waals surface area contributed by atoms with Gasteiger partial charge in [-0.25, -0.2) is 0 Å². The smallest absolute Gasteiger partial charge is 0.0684 e. The Morgan fingerprint density at radius 2 is 1.94 bits per heavy atom. The molecule has 0 aromatic heterocycles. The minimum Gasteiger partial charge on any atom is -0.317 e. The van der Waals surface area contributed by atoms with Crippen molar-refractivity contribution in [3.05, 3.63) is 0 Å². The second-order valence-electron chi connectivity index (χ2n) is 6.24. The van der Waals surface area contributed by atoms with Crippen LogP contribution in [0, 0.1) is 22.7 Å². The van der Waals surface area contributed by atoms with Gasteiger partial charge in [-0.3, -0.25) is 0 Å². The van der Waals surface area contributed by atoms with E-state index in [2.05, 4.69) is 23.2 Å². The molecule has 1 N–H and O–H groups in total. The SMILES string of the molecule is CCCN(CCC(C)(C)C#N)CC1CCNCC1. The van der Waals surface area contributed by atoms with Gasteiger partial charge < -0.3 is 10.2 Å². The van der Waals surface area contributed by atoms with Crippen LogP contribution in [0.4, 0.5) is 0 Å². The summed E-state index contributed by atoms with van der Waals surface area (Å²) in [6.45, 7) is 12.1. The van der Waals surface area contributed by atoms with Gasteiger partial charge in [0.25, 0.3) is 0 Å². The average Bonchev–Trinajstić information content (AvgIpc) is 2.38. The third kappa shape index (κ3) is 5.84. The van der Waals surface area contributed by atoms with Crippen LogP contribution in [-0.2, 0) is 0 Å². The predicted octanol–water partition coefficient (Wildman–Crippen LogP) is 2.64. The van der Waals surface area contributed by atoms with E-state index in [-0.39, 0.29) is 5.41 Å². The van der Waals surface area contributed by atoms with Crippen LogP contribution in [0.2, 0.25) is 0 Å². The Kier molecular flexibility index (Phi) is 6.67. The lowest BCUT2D eigenvalue weighted by Gasteiger charge is -2.31. The fourth-order valence-corrected chi connectivity index (χ4v) is 2.53. The van der Waals surface area contributed by atoms with E-state index in [1.165, 1.54) is 45.4 Å². The highest BCUT2D eigenvalue weighted by Gasteiger charge is 2.20. The standard InChI is InChI=1S/C15H29N3/c1-4-10-18(11-7-15(2,3)13-16)12-14-5-8-17-9-6-14/h14,17H,4-12H2,1-3H3. The van der Waals surface area contributed by atoms with Crippen molar-refractivity contribution in [1.82, 2.24) is 10.2 Å². The van der Waals surface area contributed by atoms with Crippen molar-refractivity contribution < 1.29 is 0 Å². The first-order valence-electron chi connectivity index (χ1n) is 7.41. The molecule has 0 aromatic carbocycles. The first-order valence-corrected chi connectivity index (χ1v) is 7.41. The maximum atomic E-state index is 9.08. The molecule has 18 heavy (non-hydrogen) atoms. The van der Waals surface area contributed by atoms with Gasteiger partial charge in [0, 0.05) is 6.54 Å². The first kappa shape index (κ1) is 15.5. The van der Waals surface area contributed by atoms with Gasteiger partial charge in [-0.05, 0) is 71.6 Å². The molecule has 0 atom stereocenters. The summed E-state index contributed by atoms with van der Waals surface area (Å²) in [5.74, 6) is 0.850. The fraction of sp³-hybridized carbons (Fsp3) is 0.933. The molecule has 0 spiro atoms. The zero-order valence-corrected chi connectivity index (χ0v) is 12.3. The highest BCUT2D eigenvalue weighted by molar-refractivity contribution is 4.92. The van der Waals surface area contributed by atoms with E-state index in [0.29, 0.717) is 0 Å². The molecule has 1 fully saturated rings. The molecule has 1 aliphatic rings. The molecular weight excluding hydrogens is 222 g/mol. The lowest BCUT2D eigenvalue weighted by molar-refractivity contribution is 0.189. The molecule has 0 aromatic rings. The van der Waals surface area contributed by atoms with Crippen molar-refractivity contribution in [2.24, 2.45) is 11.3 Å². The molecule has 1 aliphatic heterocycles. The van der Waals surface area contributed by atoms with E-state index in [1.807, 2.05) is 13.8 Å². The number of piperidine rings is 1. The highest BCUT2D eigenvalue weighted by atomic mass is 15.1. The second kappa shape index (κ2) is 7.76. The quantitative estimate of drug-likeness (QED) is 0.756. The van der Waals surface area contributed by atoms with Gasteiger partial charge in [0.1, 0.15) is 0 Å². The molecule has 3 nitrogen and oxygen atoms in total. The van der Waals surface area contributed by atoms with E-state index in [0.717, 1.165) is 18.9 Å². The van der Waals surface area contributed by atoms with Gasteiger partial charge in [-0.1, -0.05) is 6.92 Å². The molecule has 3 heteroatoms. The van der Waals surface area contributed by atoms with E-state index < -0.39 is 0 Å². The molecule has 0 saturated carbocycles. The average molecular weight is 251 g/mol. The summed E-state index contributed by atoms with van der Waals surface area (Å²) in [6.07, 6.45) is 4.80. The molecule has 1 rings (SSSR count). The van der Waals surface area contributed by atoms with Crippen molar-refractivity contribution in [3.63, 3.8) is 0 Å². The van der Waals surface area contributed by atoms with Crippen LogP contribution in [0.15, 0.2) is 0 Å².